The Hall–Kier alpha value is -1.64. The summed E-state index contributed by atoms with van der Waals surface area (Å²) in [7, 11) is -3.56. The molecule has 1 unspecified atom stereocenters. The van der Waals surface area contributed by atoms with Crippen molar-refractivity contribution in [3.8, 4) is 0 Å². The predicted molar refractivity (Wildman–Crippen MR) is 107 cm³/mol. The molecule has 7 nitrogen and oxygen atoms in total. The number of rotatable bonds is 7. The molecule has 0 aliphatic carbocycles. The van der Waals surface area contributed by atoms with E-state index in [2.05, 4.69) is 21.6 Å². The fourth-order valence-electron chi connectivity index (χ4n) is 3.73. The van der Waals surface area contributed by atoms with Crippen molar-refractivity contribution in [1.29, 1.82) is 0 Å². The van der Waals surface area contributed by atoms with Gasteiger partial charge in [0.25, 0.3) is 0 Å². The normalized spacial score (nSPS) is 21.4. The first kappa shape index (κ1) is 20.1. The zero-order chi connectivity index (χ0) is 19.3. The molecule has 8 heteroatoms. The predicted octanol–water partition coefficient (Wildman–Crippen LogP) is 0.563. The Balaban J connectivity index is 1.44. The molecular weight excluding hydrogens is 364 g/mol. The summed E-state index contributed by atoms with van der Waals surface area (Å²) in [5.41, 5.74) is 2.30. The first-order chi connectivity index (χ1) is 12.9. The number of hydrogen-bond acceptors (Lipinski definition) is 5. The molecule has 2 heterocycles. The van der Waals surface area contributed by atoms with E-state index in [4.69, 9.17) is 0 Å². The number of nitrogens with zero attached hydrogens (tertiary/aromatic N) is 2. The second kappa shape index (κ2) is 9.03. The lowest BCUT2D eigenvalue weighted by molar-refractivity contribution is -0.118. The highest BCUT2D eigenvalue weighted by molar-refractivity contribution is 7.89. The Morgan fingerprint density at radius 3 is 2.70 bits per heavy atom. The van der Waals surface area contributed by atoms with E-state index in [1.54, 1.807) is 0 Å². The smallest absolute Gasteiger partial charge is 0.236 e. The van der Waals surface area contributed by atoms with Gasteiger partial charge in [0, 0.05) is 38.4 Å². The average molecular weight is 395 g/mol. The van der Waals surface area contributed by atoms with Crippen molar-refractivity contribution >= 4 is 21.6 Å². The molecule has 2 aliphatic rings. The summed E-state index contributed by atoms with van der Waals surface area (Å²) in [6.45, 7) is 6.71. The fraction of sp³-hybridized carbons (Fsp3) is 0.632. The van der Waals surface area contributed by atoms with Crippen molar-refractivity contribution in [2.24, 2.45) is 5.92 Å². The van der Waals surface area contributed by atoms with Gasteiger partial charge in [-0.1, -0.05) is 12.1 Å². The van der Waals surface area contributed by atoms with Gasteiger partial charge in [-0.2, -0.15) is 4.31 Å². The molecule has 3 rings (SSSR count). The van der Waals surface area contributed by atoms with Crippen LogP contribution in [-0.2, 0) is 14.8 Å². The maximum atomic E-state index is 12.5. The van der Waals surface area contributed by atoms with E-state index in [-0.39, 0.29) is 0 Å². The highest BCUT2D eigenvalue weighted by atomic mass is 32.2. The molecule has 0 aromatic heterocycles. The second-order valence-electron chi connectivity index (χ2n) is 7.48. The molecule has 1 aromatic carbocycles. The lowest BCUT2D eigenvalue weighted by Crippen LogP contribution is -2.50. The molecule has 0 saturated carbocycles. The number of hydrogen-bond donors (Lipinski definition) is 2. The minimum atomic E-state index is -3.56. The van der Waals surface area contributed by atoms with E-state index in [0.717, 1.165) is 31.6 Å². The van der Waals surface area contributed by atoms with Crippen LogP contribution in [0.2, 0.25) is 0 Å². The summed E-state index contributed by atoms with van der Waals surface area (Å²) < 4.78 is 26.5. The largest absolute Gasteiger partial charge is 0.369 e. The van der Waals surface area contributed by atoms with E-state index >= 15 is 0 Å². The standard InChI is InChI=1S/C19H30N4O3S/c1-16-3-2-4-18(13-16)22-9-11-23(12-10-22)27(25,26)15-19(24)21-8-6-17-5-7-20-14-17/h2-4,13,17,20H,5-12,14-15H2,1H3,(H,21,24). The summed E-state index contributed by atoms with van der Waals surface area (Å²) in [6, 6.07) is 8.22. The maximum Gasteiger partial charge on any atom is 0.236 e. The molecule has 0 spiro atoms. The molecule has 1 aromatic rings. The monoisotopic (exact) mass is 394 g/mol. The highest BCUT2D eigenvalue weighted by Crippen LogP contribution is 2.19. The summed E-state index contributed by atoms with van der Waals surface area (Å²) in [4.78, 5) is 14.2. The number of anilines is 1. The number of nitrogens with one attached hydrogen (secondary N) is 2. The van der Waals surface area contributed by atoms with Crippen LogP contribution in [0.3, 0.4) is 0 Å². The van der Waals surface area contributed by atoms with Crippen LogP contribution in [0.5, 0.6) is 0 Å². The Bertz CT molecular complexity index is 739. The van der Waals surface area contributed by atoms with Gasteiger partial charge in [-0.3, -0.25) is 4.79 Å². The first-order valence-corrected chi connectivity index (χ1v) is 11.3. The van der Waals surface area contributed by atoms with Crippen molar-refractivity contribution in [3.63, 3.8) is 0 Å². The van der Waals surface area contributed by atoms with E-state index in [0.29, 0.717) is 38.6 Å². The van der Waals surface area contributed by atoms with E-state index in [1.165, 1.54) is 9.87 Å². The third-order valence-corrected chi connectivity index (χ3v) is 7.13. The maximum absolute atomic E-state index is 12.5. The summed E-state index contributed by atoms with van der Waals surface area (Å²) in [5, 5.41) is 6.05. The lowest BCUT2D eigenvalue weighted by atomic mass is 10.1. The van der Waals surface area contributed by atoms with Crippen molar-refractivity contribution in [2.75, 3.05) is 56.5 Å². The van der Waals surface area contributed by atoms with Gasteiger partial charge in [0.05, 0.1) is 0 Å². The number of benzene rings is 1. The lowest BCUT2D eigenvalue weighted by Gasteiger charge is -2.35. The molecular formula is C19H30N4O3S. The number of carbonyl (C=O) groups excluding carboxylic acids is 1. The fourth-order valence-corrected chi connectivity index (χ4v) is 5.07. The van der Waals surface area contributed by atoms with Gasteiger partial charge < -0.3 is 15.5 Å². The van der Waals surface area contributed by atoms with Crippen LogP contribution in [0, 0.1) is 12.8 Å². The van der Waals surface area contributed by atoms with Crippen LogP contribution >= 0.6 is 0 Å². The molecule has 0 radical (unpaired) electrons. The highest BCUT2D eigenvalue weighted by Gasteiger charge is 2.29. The van der Waals surface area contributed by atoms with E-state index in [9.17, 15) is 13.2 Å². The van der Waals surface area contributed by atoms with E-state index in [1.807, 2.05) is 25.1 Å². The summed E-state index contributed by atoms with van der Waals surface area (Å²) >= 11 is 0. The van der Waals surface area contributed by atoms with Gasteiger partial charge in [-0.25, -0.2) is 8.42 Å². The van der Waals surface area contributed by atoms with Crippen molar-refractivity contribution < 1.29 is 13.2 Å². The molecule has 2 fully saturated rings. The molecule has 2 N–H and O–H groups in total. The van der Waals surface area contributed by atoms with Crippen LogP contribution in [-0.4, -0.2) is 70.2 Å². The van der Waals surface area contributed by atoms with Gasteiger partial charge in [0.2, 0.25) is 15.9 Å². The molecule has 2 saturated heterocycles. The quantitative estimate of drug-likeness (QED) is 0.706. The summed E-state index contributed by atoms with van der Waals surface area (Å²) in [5.74, 6) is -0.279. The van der Waals surface area contributed by atoms with Crippen LogP contribution in [0.15, 0.2) is 24.3 Å². The first-order valence-electron chi connectivity index (χ1n) is 9.71. The van der Waals surface area contributed by atoms with Crippen LogP contribution in [0.4, 0.5) is 5.69 Å². The van der Waals surface area contributed by atoms with Gasteiger partial charge in [-0.15, -0.1) is 0 Å². The number of aryl methyl sites for hydroxylation is 1. The third kappa shape index (κ3) is 5.67. The van der Waals surface area contributed by atoms with Gasteiger partial charge in [0.15, 0.2) is 0 Å². The number of sulfonamides is 1. The third-order valence-electron chi connectivity index (χ3n) is 5.35. The Labute approximate surface area is 162 Å². The average Bonchev–Trinajstić information content (AvgIpc) is 3.15. The van der Waals surface area contributed by atoms with Crippen molar-refractivity contribution in [1.82, 2.24) is 14.9 Å². The SMILES string of the molecule is Cc1cccc(N2CCN(S(=O)(=O)CC(=O)NCCC3CCNC3)CC2)c1. The minimum absolute atomic E-state index is 0.401. The van der Waals surface area contributed by atoms with Gasteiger partial charge in [-0.05, 0) is 56.5 Å². The Kier molecular flexibility index (Phi) is 6.73. The van der Waals surface area contributed by atoms with Crippen LogP contribution < -0.4 is 15.5 Å². The second-order valence-corrected chi connectivity index (χ2v) is 9.45. The van der Waals surface area contributed by atoms with Crippen molar-refractivity contribution in [2.45, 2.75) is 19.8 Å². The number of piperazine rings is 1. The topological polar surface area (TPSA) is 81.8 Å². The van der Waals surface area contributed by atoms with Crippen LogP contribution in [0.25, 0.3) is 0 Å². The molecule has 0 bridgehead atoms. The zero-order valence-electron chi connectivity index (χ0n) is 16.0. The van der Waals surface area contributed by atoms with Gasteiger partial charge >= 0.3 is 0 Å². The van der Waals surface area contributed by atoms with Crippen molar-refractivity contribution in [3.05, 3.63) is 29.8 Å². The zero-order valence-corrected chi connectivity index (χ0v) is 16.8. The molecule has 27 heavy (non-hydrogen) atoms. The number of carbonyl (C=O) groups is 1. The van der Waals surface area contributed by atoms with Crippen LogP contribution in [0.1, 0.15) is 18.4 Å². The molecule has 1 atom stereocenters. The van der Waals surface area contributed by atoms with E-state index < -0.39 is 21.7 Å². The summed E-state index contributed by atoms with van der Waals surface area (Å²) in [6.07, 6.45) is 2.02. The number of amides is 1. The molecule has 150 valence electrons. The molecule has 1 amide bonds. The Morgan fingerprint density at radius 1 is 1.26 bits per heavy atom. The molecule has 2 aliphatic heterocycles. The Morgan fingerprint density at radius 2 is 2.04 bits per heavy atom. The van der Waals surface area contributed by atoms with Gasteiger partial charge in [0.1, 0.15) is 5.75 Å². The minimum Gasteiger partial charge on any atom is -0.369 e.